The van der Waals surface area contributed by atoms with E-state index in [0.29, 0.717) is 28.0 Å². The van der Waals surface area contributed by atoms with Gasteiger partial charge in [-0.05, 0) is 56.3 Å². The first-order chi connectivity index (χ1) is 16.6. The van der Waals surface area contributed by atoms with Crippen molar-refractivity contribution in [3.63, 3.8) is 0 Å². The van der Waals surface area contributed by atoms with Gasteiger partial charge < -0.3 is 14.6 Å². The van der Waals surface area contributed by atoms with Gasteiger partial charge >= 0.3 is 5.57 Å². The summed E-state index contributed by atoms with van der Waals surface area (Å²) in [5, 5.41) is 9.41. The van der Waals surface area contributed by atoms with E-state index in [2.05, 4.69) is 25.2 Å². The minimum Gasteiger partial charge on any atom is -0.420 e. The minimum absolute atomic E-state index is 0.0372. The van der Waals surface area contributed by atoms with Gasteiger partial charge in [-0.25, -0.2) is 13.8 Å². The standard InChI is InChI=1S/C23H20ClF4N5O2/c1-12(11-25)33-20-17(18-7-8-29-32-18)9-14(10-19(20)31-21(33)13(2)26)22(34)30-15-3-5-16(6-4-15)35-23(24,27)28/h3-10,12-13H,11H2,1-2H3,(H,29,32)(H,30,34)/t12-,13?/m1/s1. The van der Waals surface area contributed by atoms with Gasteiger partial charge in [0.25, 0.3) is 5.91 Å². The number of hydrogen-bond donors (Lipinski definition) is 2. The third kappa shape index (κ3) is 5.24. The molecule has 2 N–H and O–H groups in total. The van der Waals surface area contributed by atoms with Crippen LogP contribution in [0.3, 0.4) is 0 Å². The molecule has 12 heteroatoms. The van der Waals surface area contributed by atoms with Crippen molar-refractivity contribution in [2.24, 2.45) is 0 Å². The fourth-order valence-electron chi connectivity index (χ4n) is 3.73. The van der Waals surface area contributed by atoms with E-state index in [9.17, 15) is 22.4 Å². The summed E-state index contributed by atoms with van der Waals surface area (Å²) in [6.07, 6.45) is 0.0317. The molecule has 0 radical (unpaired) electrons. The van der Waals surface area contributed by atoms with Crippen LogP contribution in [0.15, 0.2) is 48.7 Å². The lowest BCUT2D eigenvalue weighted by atomic mass is 10.0. The molecule has 7 nitrogen and oxygen atoms in total. The number of ether oxygens (including phenoxy) is 1. The second kappa shape index (κ2) is 9.57. The highest BCUT2D eigenvalue weighted by atomic mass is 35.5. The number of rotatable bonds is 8. The Bertz CT molecular complexity index is 1330. The van der Waals surface area contributed by atoms with E-state index in [1.54, 1.807) is 19.1 Å². The van der Waals surface area contributed by atoms with Crippen molar-refractivity contribution in [1.29, 1.82) is 0 Å². The molecule has 0 bridgehead atoms. The summed E-state index contributed by atoms with van der Waals surface area (Å²) in [6.45, 7) is 2.17. The number of aromatic amines is 1. The summed E-state index contributed by atoms with van der Waals surface area (Å²) in [7, 11) is 0. The first kappa shape index (κ1) is 24.5. The topological polar surface area (TPSA) is 84.8 Å². The number of fused-ring (bicyclic) bond motifs is 1. The van der Waals surface area contributed by atoms with Crippen molar-refractivity contribution in [2.45, 2.75) is 31.6 Å². The first-order valence-electron chi connectivity index (χ1n) is 10.5. The number of carbonyl (C=O) groups is 1. The second-order valence-corrected chi connectivity index (χ2v) is 8.29. The van der Waals surface area contributed by atoms with Crippen LogP contribution < -0.4 is 10.1 Å². The molecule has 1 unspecified atom stereocenters. The fraction of sp³-hybridized carbons (Fsp3) is 0.261. The summed E-state index contributed by atoms with van der Waals surface area (Å²) < 4.78 is 59.4. The molecule has 4 rings (SSSR count). The molecule has 1 amide bonds. The summed E-state index contributed by atoms with van der Waals surface area (Å²) in [6, 6.07) is 9.18. The number of imidazole rings is 1. The summed E-state index contributed by atoms with van der Waals surface area (Å²) in [5.74, 6) is -0.687. The van der Waals surface area contributed by atoms with Gasteiger partial charge in [0.15, 0.2) is 6.17 Å². The van der Waals surface area contributed by atoms with Crippen LogP contribution in [-0.2, 0) is 0 Å². The highest BCUT2D eigenvalue weighted by Gasteiger charge is 2.28. The fourth-order valence-corrected chi connectivity index (χ4v) is 3.82. The molecule has 35 heavy (non-hydrogen) atoms. The molecular weight excluding hydrogens is 490 g/mol. The van der Waals surface area contributed by atoms with E-state index >= 15 is 0 Å². The minimum atomic E-state index is -3.86. The molecule has 4 aromatic rings. The number of hydrogen-bond acceptors (Lipinski definition) is 4. The Labute approximate surface area is 202 Å². The quantitative estimate of drug-likeness (QED) is 0.212. The average molecular weight is 510 g/mol. The van der Waals surface area contributed by atoms with Crippen LogP contribution in [0.5, 0.6) is 5.75 Å². The van der Waals surface area contributed by atoms with Crippen molar-refractivity contribution in [2.75, 3.05) is 12.0 Å². The Morgan fingerprint density at radius 2 is 1.94 bits per heavy atom. The first-order valence-corrected chi connectivity index (χ1v) is 10.9. The SMILES string of the molecule is CC(F)c1nc2cc(C(=O)Nc3ccc(OC(F)(F)Cl)cc3)cc(-c3ccn[nH]3)c2n1[C@H](C)CF. The molecule has 2 heterocycles. The van der Waals surface area contributed by atoms with Crippen LogP contribution in [0, 0.1) is 0 Å². The third-order valence-electron chi connectivity index (χ3n) is 5.23. The molecule has 0 spiro atoms. The Balaban J connectivity index is 1.75. The van der Waals surface area contributed by atoms with Crippen LogP contribution in [-0.4, -0.2) is 37.9 Å². The number of nitrogens with one attached hydrogen (secondary N) is 2. The summed E-state index contributed by atoms with van der Waals surface area (Å²) in [5.41, 5.74) is -1.60. The van der Waals surface area contributed by atoms with Gasteiger partial charge in [-0.15, -0.1) is 8.78 Å². The van der Waals surface area contributed by atoms with E-state index in [4.69, 9.17) is 11.6 Å². The molecule has 0 fully saturated rings. The van der Waals surface area contributed by atoms with E-state index in [1.165, 1.54) is 48.0 Å². The van der Waals surface area contributed by atoms with Crippen LogP contribution in [0.25, 0.3) is 22.3 Å². The Hall–Kier alpha value is -3.60. The lowest BCUT2D eigenvalue weighted by Crippen LogP contribution is -2.16. The van der Waals surface area contributed by atoms with E-state index in [-0.39, 0.29) is 17.1 Å². The zero-order valence-corrected chi connectivity index (χ0v) is 19.3. The lowest BCUT2D eigenvalue weighted by Gasteiger charge is -2.17. The molecule has 0 saturated carbocycles. The molecule has 0 aliphatic carbocycles. The molecule has 2 aromatic heterocycles. The van der Waals surface area contributed by atoms with Gasteiger partial charge in [0.05, 0.1) is 22.8 Å². The van der Waals surface area contributed by atoms with Crippen molar-refractivity contribution >= 4 is 34.2 Å². The van der Waals surface area contributed by atoms with Crippen LogP contribution in [0.2, 0.25) is 0 Å². The largest absolute Gasteiger partial charge is 0.487 e. The zero-order chi connectivity index (χ0) is 25.3. The van der Waals surface area contributed by atoms with Gasteiger partial charge in [-0.3, -0.25) is 9.89 Å². The zero-order valence-electron chi connectivity index (χ0n) is 18.5. The molecule has 2 atom stereocenters. The normalized spacial score (nSPS) is 13.6. The summed E-state index contributed by atoms with van der Waals surface area (Å²) >= 11 is 4.75. The highest BCUT2D eigenvalue weighted by molar-refractivity contribution is 6.20. The van der Waals surface area contributed by atoms with Gasteiger partial charge in [-0.2, -0.15) is 5.10 Å². The molecule has 184 valence electrons. The second-order valence-electron chi connectivity index (χ2n) is 7.85. The molecule has 0 aliphatic rings. The number of H-pyrrole nitrogens is 1. The van der Waals surface area contributed by atoms with Crippen molar-refractivity contribution < 1.29 is 27.1 Å². The maximum absolute atomic E-state index is 14.4. The average Bonchev–Trinajstić information content (AvgIpc) is 3.46. The van der Waals surface area contributed by atoms with Gasteiger partial charge in [0.2, 0.25) is 0 Å². The summed E-state index contributed by atoms with van der Waals surface area (Å²) in [4.78, 5) is 17.4. The third-order valence-corrected chi connectivity index (χ3v) is 5.31. The van der Waals surface area contributed by atoms with Gasteiger partial charge in [0.1, 0.15) is 18.2 Å². The predicted molar refractivity (Wildman–Crippen MR) is 123 cm³/mol. The van der Waals surface area contributed by atoms with Crippen molar-refractivity contribution in [3.05, 3.63) is 60.0 Å². The van der Waals surface area contributed by atoms with Crippen LogP contribution >= 0.6 is 11.6 Å². The van der Waals surface area contributed by atoms with Gasteiger partial charge in [0, 0.05) is 34.6 Å². The molecule has 2 aromatic carbocycles. The number of nitrogens with zero attached hydrogens (tertiary/aromatic N) is 3. The number of amides is 1. The maximum Gasteiger partial charge on any atom is 0.487 e. The smallest absolute Gasteiger partial charge is 0.420 e. The number of anilines is 1. The van der Waals surface area contributed by atoms with Crippen LogP contribution in [0.1, 0.15) is 42.2 Å². The number of benzene rings is 2. The number of alkyl halides is 5. The van der Waals surface area contributed by atoms with Crippen LogP contribution in [0.4, 0.5) is 23.2 Å². The molecular formula is C23H20ClF4N5O2. The van der Waals surface area contributed by atoms with Crippen molar-refractivity contribution in [3.8, 4) is 17.0 Å². The van der Waals surface area contributed by atoms with Gasteiger partial charge in [-0.1, -0.05) is 0 Å². The monoisotopic (exact) mass is 509 g/mol. The van der Waals surface area contributed by atoms with Crippen molar-refractivity contribution in [1.82, 2.24) is 19.7 Å². The van der Waals surface area contributed by atoms with E-state index in [1.807, 2.05) is 0 Å². The number of aromatic nitrogens is 4. The Kier molecular flexibility index (Phi) is 6.70. The number of carbonyl (C=O) groups excluding carboxylic acids is 1. The Morgan fingerprint density at radius 3 is 2.51 bits per heavy atom. The highest BCUT2D eigenvalue weighted by Crippen LogP contribution is 2.35. The maximum atomic E-state index is 14.4. The van der Waals surface area contributed by atoms with E-state index < -0.39 is 30.4 Å². The molecule has 0 aliphatic heterocycles. The van der Waals surface area contributed by atoms with E-state index in [0.717, 1.165) is 0 Å². The number of halogens is 5. The lowest BCUT2D eigenvalue weighted by molar-refractivity contribution is -0.0964. The predicted octanol–water partition coefficient (Wildman–Crippen LogP) is 6.41. The molecule has 0 saturated heterocycles. The Morgan fingerprint density at radius 1 is 1.23 bits per heavy atom.